The molecule has 0 aromatic carbocycles. The minimum atomic E-state index is 0.371. The number of furan rings is 1. The Bertz CT molecular complexity index is 436. The Labute approximate surface area is 110 Å². The van der Waals surface area contributed by atoms with Crippen LogP contribution in [0.1, 0.15) is 30.0 Å². The lowest BCUT2D eigenvalue weighted by Crippen LogP contribution is -2.17. The minimum Gasteiger partial charge on any atom is -0.464 e. The molecule has 2 heterocycles. The predicted octanol–water partition coefficient (Wildman–Crippen LogP) is 4.05. The molecule has 92 valence electrons. The van der Waals surface area contributed by atoms with Gasteiger partial charge >= 0.3 is 0 Å². The highest BCUT2D eigenvalue weighted by atomic mass is 32.2. The van der Waals surface area contributed by atoms with Crippen molar-refractivity contribution < 1.29 is 4.42 Å². The van der Waals surface area contributed by atoms with E-state index in [0.29, 0.717) is 6.04 Å². The molecule has 0 aliphatic rings. The van der Waals surface area contributed by atoms with E-state index in [9.17, 15) is 0 Å². The molecular weight excluding hydrogens is 250 g/mol. The fourth-order valence-electron chi connectivity index (χ4n) is 1.63. The van der Waals surface area contributed by atoms with E-state index in [2.05, 4.69) is 47.5 Å². The van der Waals surface area contributed by atoms with Gasteiger partial charge in [-0.3, -0.25) is 0 Å². The number of thiophene rings is 1. The molecule has 4 heteroatoms. The van der Waals surface area contributed by atoms with Crippen molar-refractivity contribution in [3.63, 3.8) is 0 Å². The molecule has 1 N–H and O–H groups in total. The maximum absolute atomic E-state index is 5.71. The van der Waals surface area contributed by atoms with Crippen molar-refractivity contribution in [1.29, 1.82) is 0 Å². The van der Waals surface area contributed by atoms with Gasteiger partial charge in [-0.2, -0.15) is 23.1 Å². The molecule has 0 bridgehead atoms. The van der Waals surface area contributed by atoms with Crippen LogP contribution in [0.5, 0.6) is 0 Å². The third-order valence-electron chi connectivity index (χ3n) is 2.63. The molecule has 0 saturated carbocycles. The Balaban J connectivity index is 1.84. The average Bonchev–Trinajstić information content (AvgIpc) is 2.97. The Morgan fingerprint density at radius 3 is 2.88 bits per heavy atom. The predicted molar refractivity (Wildman–Crippen MR) is 75.5 cm³/mol. The van der Waals surface area contributed by atoms with Crippen LogP contribution in [-0.2, 0) is 12.3 Å². The minimum absolute atomic E-state index is 0.371. The number of rotatable bonds is 6. The van der Waals surface area contributed by atoms with Crippen molar-refractivity contribution in [2.75, 3.05) is 6.26 Å². The number of thioether (sulfide) groups is 1. The van der Waals surface area contributed by atoms with Crippen LogP contribution in [0.3, 0.4) is 0 Å². The van der Waals surface area contributed by atoms with Gasteiger partial charge in [-0.05, 0) is 47.7 Å². The molecule has 0 aliphatic heterocycles. The maximum Gasteiger partial charge on any atom is 0.118 e. The van der Waals surface area contributed by atoms with Crippen molar-refractivity contribution in [3.8, 4) is 0 Å². The van der Waals surface area contributed by atoms with E-state index < -0.39 is 0 Å². The monoisotopic (exact) mass is 267 g/mol. The van der Waals surface area contributed by atoms with Gasteiger partial charge in [-0.1, -0.05) is 0 Å². The van der Waals surface area contributed by atoms with E-state index in [-0.39, 0.29) is 0 Å². The second-order valence-corrected chi connectivity index (χ2v) is 5.61. The molecule has 2 aromatic heterocycles. The molecule has 17 heavy (non-hydrogen) atoms. The average molecular weight is 267 g/mol. The molecule has 0 saturated heterocycles. The third-order valence-corrected chi connectivity index (χ3v) is 3.90. The molecule has 0 aliphatic carbocycles. The van der Waals surface area contributed by atoms with Crippen molar-refractivity contribution in [3.05, 3.63) is 46.0 Å². The van der Waals surface area contributed by atoms with Crippen molar-refractivity contribution in [2.45, 2.75) is 25.3 Å². The summed E-state index contributed by atoms with van der Waals surface area (Å²) in [5.41, 5.74) is 1.34. The zero-order valence-electron chi connectivity index (χ0n) is 10.1. The summed E-state index contributed by atoms with van der Waals surface area (Å²) in [6.07, 6.45) is 2.08. The van der Waals surface area contributed by atoms with Crippen LogP contribution >= 0.6 is 23.1 Å². The van der Waals surface area contributed by atoms with E-state index in [4.69, 9.17) is 4.42 Å². The molecule has 1 unspecified atom stereocenters. The van der Waals surface area contributed by atoms with Crippen molar-refractivity contribution in [1.82, 2.24) is 5.32 Å². The molecule has 1 atom stereocenters. The number of hydrogen-bond acceptors (Lipinski definition) is 4. The first-order valence-electron chi connectivity index (χ1n) is 5.61. The topological polar surface area (TPSA) is 25.2 Å². The lowest BCUT2D eigenvalue weighted by atomic mass is 10.2. The van der Waals surface area contributed by atoms with Crippen LogP contribution < -0.4 is 5.32 Å². The first kappa shape index (κ1) is 12.7. The second-order valence-electron chi connectivity index (χ2n) is 3.96. The molecule has 0 fully saturated rings. The van der Waals surface area contributed by atoms with Crippen LogP contribution in [0.2, 0.25) is 0 Å². The van der Waals surface area contributed by atoms with Crippen LogP contribution in [-0.4, -0.2) is 6.26 Å². The summed E-state index contributed by atoms with van der Waals surface area (Å²) in [5, 5.41) is 7.75. The highest BCUT2D eigenvalue weighted by Crippen LogP contribution is 2.17. The quantitative estimate of drug-likeness (QED) is 0.854. The maximum atomic E-state index is 5.71. The van der Waals surface area contributed by atoms with E-state index in [1.807, 2.05) is 0 Å². The highest BCUT2D eigenvalue weighted by molar-refractivity contribution is 7.97. The lowest BCUT2D eigenvalue weighted by Gasteiger charge is -2.10. The zero-order valence-corrected chi connectivity index (χ0v) is 11.7. The van der Waals surface area contributed by atoms with Gasteiger partial charge in [0.15, 0.2) is 0 Å². The zero-order chi connectivity index (χ0) is 12.1. The standard InChI is InChI=1S/C13H17NOS2/c1-10(11-5-6-17-8-11)14-7-12-3-4-13(15-12)9-16-2/h3-6,8,10,14H,7,9H2,1-2H3. The summed E-state index contributed by atoms with van der Waals surface area (Å²) in [5.74, 6) is 3.01. The summed E-state index contributed by atoms with van der Waals surface area (Å²) in [7, 11) is 0. The molecular formula is C13H17NOS2. The van der Waals surface area contributed by atoms with Crippen LogP contribution in [0.15, 0.2) is 33.4 Å². The molecule has 2 aromatic rings. The van der Waals surface area contributed by atoms with Crippen molar-refractivity contribution >= 4 is 23.1 Å². The largest absolute Gasteiger partial charge is 0.464 e. The van der Waals surface area contributed by atoms with Gasteiger partial charge in [-0.25, -0.2) is 0 Å². The first-order valence-corrected chi connectivity index (χ1v) is 7.95. The lowest BCUT2D eigenvalue weighted by molar-refractivity contribution is 0.442. The highest BCUT2D eigenvalue weighted by Gasteiger charge is 2.07. The van der Waals surface area contributed by atoms with E-state index >= 15 is 0 Å². The van der Waals surface area contributed by atoms with Gasteiger partial charge in [0.2, 0.25) is 0 Å². The summed E-state index contributed by atoms with van der Waals surface area (Å²) in [4.78, 5) is 0. The van der Waals surface area contributed by atoms with Gasteiger partial charge in [-0.15, -0.1) is 0 Å². The summed E-state index contributed by atoms with van der Waals surface area (Å²) in [6, 6.07) is 6.64. The smallest absolute Gasteiger partial charge is 0.118 e. The SMILES string of the molecule is CSCc1ccc(CNC(C)c2ccsc2)o1. The van der Waals surface area contributed by atoms with Gasteiger partial charge in [0.1, 0.15) is 11.5 Å². The summed E-state index contributed by atoms with van der Waals surface area (Å²) in [6.45, 7) is 2.96. The fraction of sp³-hybridized carbons (Fsp3) is 0.385. The molecule has 0 spiro atoms. The van der Waals surface area contributed by atoms with E-state index in [0.717, 1.165) is 23.8 Å². The van der Waals surface area contributed by atoms with Gasteiger partial charge in [0, 0.05) is 6.04 Å². The van der Waals surface area contributed by atoms with E-state index in [1.165, 1.54) is 5.56 Å². The van der Waals surface area contributed by atoms with Crippen LogP contribution in [0.4, 0.5) is 0 Å². The summed E-state index contributed by atoms with van der Waals surface area (Å²) < 4.78 is 5.71. The van der Waals surface area contributed by atoms with Crippen LogP contribution in [0, 0.1) is 0 Å². The normalized spacial score (nSPS) is 12.8. The molecule has 2 nitrogen and oxygen atoms in total. The molecule has 0 radical (unpaired) electrons. The van der Waals surface area contributed by atoms with Gasteiger partial charge in [0.05, 0.1) is 12.3 Å². The second kappa shape index (κ2) is 6.28. The number of nitrogens with one attached hydrogen (secondary N) is 1. The molecule has 0 amide bonds. The Kier molecular flexibility index (Phi) is 4.71. The summed E-state index contributed by atoms with van der Waals surface area (Å²) >= 11 is 3.51. The third kappa shape index (κ3) is 3.63. The van der Waals surface area contributed by atoms with Crippen LogP contribution in [0.25, 0.3) is 0 Å². The Morgan fingerprint density at radius 1 is 1.35 bits per heavy atom. The first-order chi connectivity index (χ1) is 8.29. The Hall–Kier alpha value is -0.710. The van der Waals surface area contributed by atoms with Gasteiger partial charge < -0.3 is 9.73 Å². The van der Waals surface area contributed by atoms with Crippen molar-refractivity contribution in [2.24, 2.45) is 0 Å². The number of hydrogen-bond donors (Lipinski definition) is 1. The Morgan fingerprint density at radius 2 is 2.18 bits per heavy atom. The fourth-order valence-corrected chi connectivity index (χ4v) is 2.82. The van der Waals surface area contributed by atoms with E-state index in [1.54, 1.807) is 23.1 Å². The van der Waals surface area contributed by atoms with Gasteiger partial charge in [0.25, 0.3) is 0 Å². The molecule has 2 rings (SSSR count).